The van der Waals surface area contributed by atoms with Gasteiger partial charge in [0.05, 0.1) is 25.9 Å². The van der Waals surface area contributed by atoms with Crippen molar-refractivity contribution in [3.63, 3.8) is 0 Å². The molecule has 2 aliphatic rings. The Morgan fingerprint density at radius 1 is 1.11 bits per heavy atom. The predicted octanol–water partition coefficient (Wildman–Crippen LogP) is 3.84. The monoisotopic (exact) mass is 494 g/mol. The first-order valence-electron chi connectivity index (χ1n) is 12.6. The number of carbonyl (C=O) groups is 1. The molecule has 0 bridgehead atoms. The van der Waals surface area contributed by atoms with Crippen molar-refractivity contribution in [3.8, 4) is 11.5 Å². The Morgan fingerprint density at radius 2 is 1.92 bits per heavy atom. The molecule has 5 rings (SSSR count). The van der Waals surface area contributed by atoms with Gasteiger partial charge in [0.15, 0.2) is 17.3 Å². The summed E-state index contributed by atoms with van der Waals surface area (Å²) in [5.74, 6) is 1.46. The van der Waals surface area contributed by atoms with Gasteiger partial charge in [-0.3, -0.25) is 9.69 Å². The van der Waals surface area contributed by atoms with E-state index in [0.717, 1.165) is 61.3 Å². The van der Waals surface area contributed by atoms with Gasteiger partial charge in [0.2, 0.25) is 0 Å². The number of nitrogens with one attached hydrogen (secondary N) is 1. The van der Waals surface area contributed by atoms with Crippen LogP contribution in [0.15, 0.2) is 46.9 Å². The van der Waals surface area contributed by atoms with Crippen LogP contribution in [0.2, 0.25) is 0 Å². The van der Waals surface area contributed by atoms with E-state index in [1.807, 2.05) is 36.4 Å². The number of furan rings is 1. The normalized spacial score (nSPS) is 19.9. The van der Waals surface area contributed by atoms with E-state index in [4.69, 9.17) is 18.6 Å². The lowest BCUT2D eigenvalue weighted by molar-refractivity contribution is -0.0276. The van der Waals surface area contributed by atoms with E-state index >= 15 is 0 Å². The topological polar surface area (TPSA) is 93.4 Å². The molecule has 0 spiro atoms. The van der Waals surface area contributed by atoms with Crippen molar-refractivity contribution < 1.29 is 28.5 Å². The average molecular weight is 495 g/mol. The standard InChI is InChI=1S/C28H34N2O6/c1-33-24-7-5-19(14-25(24)34-2)18-30-11-9-28(32,10-12-30)21-6-8-23-20(15-21)16-26(36-23)27(31)29-17-22-4-3-13-35-22/h5-8,14-16,22,32H,3-4,9-13,17-18H2,1-2H3,(H,29,31)/t22-/m1/s1. The van der Waals surface area contributed by atoms with Crippen LogP contribution in [0.3, 0.4) is 0 Å². The van der Waals surface area contributed by atoms with Gasteiger partial charge in [-0.2, -0.15) is 0 Å². The minimum Gasteiger partial charge on any atom is -0.493 e. The first-order chi connectivity index (χ1) is 17.5. The lowest BCUT2D eigenvalue weighted by Crippen LogP contribution is -2.42. The van der Waals surface area contributed by atoms with Crippen molar-refractivity contribution in [1.29, 1.82) is 0 Å². The number of piperidine rings is 1. The minimum atomic E-state index is -0.915. The summed E-state index contributed by atoms with van der Waals surface area (Å²) in [7, 11) is 3.27. The molecule has 0 unspecified atom stereocenters. The summed E-state index contributed by atoms with van der Waals surface area (Å²) in [6.07, 6.45) is 3.33. The molecule has 2 fully saturated rings. The smallest absolute Gasteiger partial charge is 0.287 e. The number of ether oxygens (including phenoxy) is 3. The molecule has 3 heterocycles. The molecule has 0 saturated carbocycles. The third-order valence-corrected chi connectivity index (χ3v) is 7.33. The number of rotatable bonds is 8. The van der Waals surface area contributed by atoms with Gasteiger partial charge in [0.25, 0.3) is 5.91 Å². The minimum absolute atomic E-state index is 0.0804. The highest BCUT2D eigenvalue weighted by atomic mass is 16.5. The van der Waals surface area contributed by atoms with E-state index < -0.39 is 5.60 Å². The van der Waals surface area contributed by atoms with E-state index in [1.165, 1.54) is 0 Å². The highest BCUT2D eigenvalue weighted by Crippen LogP contribution is 2.36. The Morgan fingerprint density at radius 3 is 2.64 bits per heavy atom. The van der Waals surface area contributed by atoms with Crippen LogP contribution in [0.25, 0.3) is 11.0 Å². The van der Waals surface area contributed by atoms with Gasteiger partial charge in [0.1, 0.15) is 5.58 Å². The molecule has 0 radical (unpaired) electrons. The summed E-state index contributed by atoms with van der Waals surface area (Å²) in [6, 6.07) is 13.4. The number of amides is 1. The van der Waals surface area contributed by atoms with Crippen LogP contribution in [0.4, 0.5) is 0 Å². The largest absolute Gasteiger partial charge is 0.493 e. The molecule has 1 aromatic heterocycles. The summed E-state index contributed by atoms with van der Waals surface area (Å²) in [4.78, 5) is 14.9. The summed E-state index contributed by atoms with van der Waals surface area (Å²) < 4.78 is 22.1. The van der Waals surface area contributed by atoms with Crippen LogP contribution in [-0.4, -0.2) is 62.5 Å². The number of methoxy groups -OCH3 is 2. The van der Waals surface area contributed by atoms with Crippen LogP contribution in [0.5, 0.6) is 11.5 Å². The Labute approximate surface area is 211 Å². The molecule has 2 saturated heterocycles. The fraction of sp³-hybridized carbons (Fsp3) is 0.464. The van der Waals surface area contributed by atoms with Crippen LogP contribution in [-0.2, 0) is 16.9 Å². The molecular formula is C28H34N2O6. The second-order valence-electron chi connectivity index (χ2n) is 9.71. The van der Waals surface area contributed by atoms with Crippen molar-refractivity contribution in [2.75, 3.05) is 40.5 Å². The highest BCUT2D eigenvalue weighted by Gasteiger charge is 2.34. The fourth-order valence-corrected chi connectivity index (χ4v) is 5.15. The Hall–Kier alpha value is -3.07. The molecule has 36 heavy (non-hydrogen) atoms. The van der Waals surface area contributed by atoms with Crippen LogP contribution >= 0.6 is 0 Å². The highest BCUT2D eigenvalue weighted by molar-refractivity contribution is 5.96. The number of aliphatic hydroxyl groups is 1. The zero-order valence-electron chi connectivity index (χ0n) is 20.9. The van der Waals surface area contributed by atoms with Gasteiger partial charge < -0.3 is 29.1 Å². The fourth-order valence-electron chi connectivity index (χ4n) is 5.15. The maximum absolute atomic E-state index is 12.6. The maximum atomic E-state index is 12.6. The first kappa shape index (κ1) is 24.6. The number of nitrogens with zero attached hydrogens (tertiary/aromatic N) is 1. The third kappa shape index (κ3) is 5.21. The van der Waals surface area contributed by atoms with E-state index in [0.29, 0.717) is 30.7 Å². The lowest BCUT2D eigenvalue weighted by atomic mass is 9.84. The number of hydrogen-bond donors (Lipinski definition) is 2. The molecule has 1 amide bonds. The van der Waals surface area contributed by atoms with Gasteiger partial charge in [-0.05, 0) is 67.1 Å². The number of fused-ring (bicyclic) bond motifs is 1. The first-order valence-corrected chi connectivity index (χ1v) is 12.6. The molecule has 8 heteroatoms. The lowest BCUT2D eigenvalue weighted by Gasteiger charge is -2.38. The molecule has 0 aliphatic carbocycles. The number of benzene rings is 2. The summed E-state index contributed by atoms with van der Waals surface area (Å²) >= 11 is 0. The Bertz CT molecular complexity index is 1210. The zero-order chi connectivity index (χ0) is 25.1. The van der Waals surface area contributed by atoms with Crippen LogP contribution in [0, 0.1) is 0 Å². The van der Waals surface area contributed by atoms with Gasteiger partial charge in [-0.1, -0.05) is 12.1 Å². The summed E-state index contributed by atoms with van der Waals surface area (Å²) in [6.45, 7) is 3.56. The molecular weight excluding hydrogens is 460 g/mol. The Kier molecular flexibility index (Phi) is 7.18. The van der Waals surface area contributed by atoms with Crippen molar-refractivity contribution >= 4 is 16.9 Å². The molecule has 8 nitrogen and oxygen atoms in total. The van der Waals surface area contributed by atoms with Crippen LogP contribution < -0.4 is 14.8 Å². The molecule has 3 aromatic rings. The average Bonchev–Trinajstić information content (AvgIpc) is 3.58. The second kappa shape index (κ2) is 10.5. The molecule has 2 aliphatic heterocycles. The molecule has 1 atom stereocenters. The van der Waals surface area contributed by atoms with Gasteiger partial charge in [-0.15, -0.1) is 0 Å². The SMILES string of the molecule is COc1ccc(CN2CCC(O)(c3ccc4oc(C(=O)NC[C@H]5CCCO5)cc4c3)CC2)cc1OC. The van der Waals surface area contributed by atoms with Gasteiger partial charge >= 0.3 is 0 Å². The quantitative estimate of drug-likeness (QED) is 0.491. The summed E-state index contributed by atoms with van der Waals surface area (Å²) in [5, 5.41) is 15.2. The number of likely N-dealkylation sites (tertiary alicyclic amines) is 1. The van der Waals surface area contributed by atoms with Crippen molar-refractivity contribution in [1.82, 2.24) is 10.2 Å². The predicted molar refractivity (Wildman–Crippen MR) is 135 cm³/mol. The molecule has 2 aromatic carbocycles. The van der Waals surface area contributed by atoms with Gasteiger partial charge in [0, 0.05) is 38.2 Å². The van der Waals surface area contributed by atoms with Crippen molar-refractivity contribution in [2.24, 2.45) is 0 Å². The van der Waals surface area contributed by atoms with Crippen molar-refractivity contribution in [3.05, 3.63) is 59.4 Å². The molecule has 192 valence electrons. The van der Waals surface area contributed by atoms with E-state index in [9.17, 15) is 9.90 Å². The third-order valence-electron chi connectivity index (χ3n) is 7.33. The van der Waals surface area contributed by atoms with Crippen molar-refractivity contribution in [2.45, 2.75) is 43.9 Å². The van der Waals surface area contributed by atoms with E-state index in [1.54, 1.807) is 20.3 Å². The molecule has 2 N–H and O–H groups in total. The zero-order valence-corrected chi connectivity index (χ0v) is 20.9. The number of carbonyl (C=O) groups excluding carboxylic acids is 1. The summed E-state index contributed by atoms with van der Waals surface area (Å²) in [5.41, 5.74) is 1.72. The maximum Gasteiger partial charge on any atom is 0.287 e. The second-order valence-corrected chi connectivity index (χ2v) is 9.71. The van der Waals surface area contributed by atoms with E-state index in [2.05, 4.69) is 10.2 Å². The van der Waals surface area contributed by atoms with Gasteiger partial charge in [-0.25, -0.2) is 0 Å². The Balaban J connectivity index is 1.22. The number of hydrogen-bond acceptors (Lipinski definition) is 7. The van der Waals surface area contributed by atoms with E-state index in [-0.39, 0.29) is 17.8 Å². The van der Waals surface area contributed by atoms with Crippen LogP contribution in [0.1, 0.15) is 47.4 Å².